The molecule has 1 N–H and O–H groups in total. The van der Waals surface area contributed by atoms with E-state index in [-0.39, 0.29) is 0 Å². The molecule has 6 nitrogen and oxygen atoms in total. The highest BCUT2D eigenvalue weighted by Gasteiger charge is 2.21. The SMILES string of the molecule is CCC(C(=O)O)N(C)Cc1cc(COC)on1. The summed E-state index contributed by atoms with van der Waals surface area (Å²) >= 11 is 0. The average Bonchev–Trinajstić information content (AvgIpc) is 2.66. The molecular formula is C11H18N2O4. The lowest BCUT2D eigenvalue weighted by Crippen LogP contribution is -2.37. The van der Waals surface area contributed by atoms with Crippen molar-refractivity contribution in [1.29, 1.82) is 0 Å². The molecule has 96 valence electrons. The molecule has 0 saturated carbocycles. The Kier molecular flexibility index (Phi) is 5.11. The van der Waals surface area contributed by atoms with Crippen molar-refractivity contribution in [3.63, 3.8) is 0 Å². The highest BCUT2D eigenvalue weighted by Crippen LogP contribution is 2.10. The predicted molar refractivity (Wildman–Crippen MR) is 60.4 cm³/mol. The van der Waals surface area contributed by atoms with Crippen molar-refractivity contribution in [2.24, 2.45) is 0 Å². The lowest BCUT2D eigenvalue weighted by Gasteiger charge is -2.21. The van der Waals surface area contributed by atoms with Crippen LogP contribution in [0, 0.1) is 0 Å². The van der Waals surface area contributed by atoms with Crippen LogP contribution in [0.5, 0.6) is 0 Å². The summed E-state index contributed by atoms with van der Waals surface area (Å²) in [7, 11) is 3.33. The van der Waals surface area contributed by atoms with Crippen LogP contribution < -0.4 is 0 Å². The first kappa shape index (κ1) is 13.7. The largest absolute Gasteiger partial charge is 0.480 e. The van der Waals surface area contributed by atoms with Crippen molar-refractivity contribution in [1.82, 2.24) is 10.1 Å². The zero-order valence-corrected chi connectivity index (χ0v) is 10.3. The number of hydrogen-bond acceptors (Lipinski definition) is 5. The number of carbonyl (C=O) groups is 1. The first-order chi connectivity index (χ1) is 8.08. The maximum Gasteiger partial charge on any atom is 0.320 e. The molecule has 1 aromatic rings. The molecule has 0 spiro atoms. The van der Waals surface area contributed by atoms with Crippen molar-refractivity contribution in [3.8, 4) is 0 Å². The molecule has 0 aliphatic rings. The van der Waals surface area contributed by atoms with Crippen LogP contribution in [0.3, 0.4) is 0 Å². The molecule has 0 amide bonds. The van der Waals surface area contributed by atoms with Crippen LogP contribution in [0.1, 0.15) is 24.8 Å². The van der Waals surface area contributed by atoms with Crippen LogP contribution in [-0.4, -0.2) is 41.3 Å². The molecule has 6 heteroatoms. The van der Waals surface area contributed by atoms with E-state index in [2.05, 4.69) is 5.16 Å². The molecule has 1 rings (SSSR count). The van der Waals surface area contributed by atoms with E-state index >= 15 is 0 Å². The van der Waals surface area contributed by atoms with Crippen LogP contribution in [0.4, 0.5) is 0 Å². The third-order valence-corrected chi connectivity index (χ3v) is 2.51. The second kappa shape index (κ2) is 6.36. The van der Waals surface area contributed by atoms with Gasteiger partial charge in [0.25, 0.3) is 0 Å². The molecule has 0 radical (unpaired) electrons. The molecule has 1 unspecified atom stereocenters. The van der Waals surface area contributed by atoms with Crippen LogP contribution in [0.2, 0.25) is 0 Å². The summed E-state index contributed by atoms with van der Waals surface area (Å²) in [5, 5.41) is 12.9. The second-order valence-electron chi connectivity index (χ2n) is 3.89. The van der Waals surface area contributed by atoms with Gasteiger partial charge in [-0.15, -0.1) is 0 Å². The first-order valence-corrected chi connectivity index (χ1v) is 5.45. The maximum atomic E-state index is 11.0. The molecule has 0 saturated heterocycles. The third-order valence-electron chi connectivity index (χ3n) is 2.51. The highest BCUT2D eigenvalue weighted by atomic mass is 16.5. The van der Waals surface area contributed by atoms with Gasteiger partial charge in [-0.3, -0.25) is 9.69 Å². The van der Waals surface area contributed by atoms with Gasteiger partial charge in [-0.25, -0.2) is 0 Å². The van der Waals surface area contributed by atoms with E-state index in [1.165, 1.54) is 0 Å². The smallest absolute Gasteiger partial charge is 0.320 e. The van der Waals surface area contributed by atoms with E-state index in [1.54, 1.807) is 25.1 Å². The third kappa shape index (κ3) is 3.83. The standard InChI is InChI=1S/C11H18N2O4/c1-4-10(11(14)15)13(2)6-8-5-9(7-16-3)17-12-8/h5,10H,4,6-7H2,1-3H3,(H,14,15). The number of likely N-dealkylation sites (N-methyl/N-ethyl adjacent to an activating group) is 1. The molecule has 1 atom stereocenters. The monoisotopic (exact) mass is 242 g/mol. The zero-order valence-electron chi connectivity index (χ0n) is 10.3. The molecule has 1 heterocycles. The van der Waals surface area contributed by atoms with Crippen molar-refractivity contribution in [3.05, 3.63) is 17.5 Å². The van der Waals surface area contributed by atoms with Crippen LogP contribution >= 0.6 is 0 Å². The quantitative estimate of drug-likeness (QED) is 0.772. The Morgan fingerprint density at radius 1 is 1.71 bits per heavy atom. The average molecular weight is 242 g/mol. The van der Waals surface area contributed by atoms with Crippen LogP contribution in [-0.2, 0) is 22.7 Å². The summed E-state index contributed by atoms with van der Waals surface area (Å²) in [6, 6.07) is 1.27. The molecule has 0 aromatic carbocycles. The summed E-state index contributed by atoms with van der Waals surface area (Å²) in [6.07, 6.45) is 0.550. The Balaban J connectivity index is 2.59. The number of rotatable bonds is 7. The topological polar surface area (TPSA) is 75.8 Å². The minimum atomic E-state index is -0.824. The van der Waals surface area contributed by atoms with Gasteiger partial charge in [0, 0.05) is 19.7 Å². The van der Waals surface area contributed by atoms with Crippen molar-refractivity contribution in [2.75, 3.05) is 14.2 Å². The molecule has 17 heavy (non-hydrogen) atoms. The summed E-state index contributed by atoms with van der Waals surface area (Å²) in [5.74, 6) is -0.185. The Morgan fingerprint density at radius 3 is 2.94 bits per heavy atom. The molecule has 0 fully saturated rings. The minimum absolute atomic E-state index is 0.368. The van der Waals surface area contributed by atoms with Crippen molar-refractivity contribution < 1.29 is 19.2 Å². The van der Waals surface area contributed by atoms with Gasteiger partial charge in [-0.05, 0) is 13.5 Å². The maximum absolute atomic E-state index is 11.0. The summed E-state index contributed by atoms with van der Waals surface area (Å²) in [6.45, 7) is 2.65. The van der Waals surface area contributed by atoms with Crippen LogP contribution in [0.25, 0.3) is 0 Å². The molecule has 0 aliphatic heterocycles. The Bertz CT molecular complexity index is 364. The van der Waals surface area contributed by atoms with Crippen molar-refractivity contribution in [2.45, 2.75) is 32.5 Å². The fourth-order valence-electron chi connectivity index (χ4n) is 1.68. The number of carboxylic acids is 1. The van der Waals surface area contributed by atoms with E-state index in [1.807, 2.05) is 6.92 Å². The summed E-state index contributed by atoms with van der Waals surface area (Å²) in [4.78, 5) is 12.7. The fourth-order valence-corrected chi connectivity index (χ4v) is 1.68. The van der Waals surface area contributed by atoms with E-state index in [9.17, 15) is 4.79 Å². The summed E-state index contributed by atoms with van der Waals surface area (Å²) in [5.41, 5.74) is 0.708. The summed E-state index contributed by atoms with van der Waals surface area (Å²) < 4.78 is 9.94. The number of hydrogen-bond donors (Lipinski definition) is 1. The van der Waals surface area contributed by atoms with E-state index in [4.69, 9.17) is 14.4 Å². The molecule has 0 bridgehead atoms. The molecular weight excluding hydrogens is 224 g/mol. The van der Waals surface area contributed by atoms with E-state index in [0.717, 1.165) is 0 Å². The number of carboxylic acid groups (broad SMARTS) is 1. The highest BCUT2D eigenvalue weighted by molar-refractivity contribution is 5.73. The van der Waals surface area contributed by atoms with Gasteiger partial charge in [0.15, 0.2) is 5.76 Å². The van der Waals surface area contributed by atoms with Gasteiger partial charge in [-0.1, -0.05) is 12.1 Å². The Labute approximate surface area is 100 Å². The predicted octanol–water partition coefficient (Wildman–Crippen LogP) is 1.12. The number of nitrogens with zero attached hydrogens (tertiary/aromatic N) is 2. The number of aliphatic carboxylic acids is 1. The van der Waals surface area contributed by atoms with Gasteiger partial charge < -0.3 is 14.4 Å². The minimum Gasteiger partial charge on any atom is -0.480 e. The Hall–Kier alpha value is -1.40. The fraction of sp³-hybridized carbons (Fsp3) is 0.636. The van der Waals surface area contributed by atoms with Crippen molar-refractivity contribution >= 4 is 5.97 Å². The van der Waals surface area contributed by atoms with E-state index < -0.39 is 12.0 Å². The molecule has 1 aromatic heterocycles. The van der Waals surface area contributed by atoms with E-state index in [0.29, 0.717) is 31.0 Å². The van der Waals surface area contributed by atoms with Gasteiger partial charge in [0.05, 0.1) is 5.69 Å². The first-order valence-electron chi connectivity index (χ1n) is 5.45. The lowest BCUT2D eigenvalue weighted by atomic mass is 10.2. The number of aromatic nitrogens is 1. The number of methoxy groups -OCH3 is 1. The van der Waals surface area contributed by atoms with Crippen LogP contribution in [0.15, 0.2) is 10.6 Å². The second-order valence-corrected chi connectivity index (χ2v) is 3.89. The number of ether oxygens (including phenoxy) is 1. The van der Waals surface area contributed by atoms with Gasteiger partial charge >= 0.3 is 5.97 Å². The van der Waals surface area contributed by atoms with Gasteiger partial charge in [-0.2, -0.15) is 0 Å². The normalized spacial score (nSPS) is 12.9. The zero-order chi connectivity index (χ0) is 12.8. The van der Waals surface area contributed by atoms with Gasteiger partial charge in [0.1, 0.15) is 12.6 Å². The Morgan fingerprint density at radius 2 is 2.41 bits per heavy atom. The van der Waals surface area contributed by atoms with Gasteiger partial charge in [0.2, 0.25) is 0 Å². The molecule has 0 aliphatic carbocycles. The lowest BCUT2D eigenvalue weighted by molar-refractivity contribution is -0.143.